The first-order valence-corrected chi connectivity index (χ1v) is 24.7. The van der Waals surface area contributed by atoms with E-state index in [2.05, 4.69) is 235 Å². The minimum atomic E-state index is 1.23. The maximum Gasteiger partial charge on any atom is 0.142 e. The number of para-hydroxylation sites is 2. The van der Waals surface area contributed by atoms with Crippen molar-refractivity contribution in [2.24, 2.45) is 0 Å². The van der Waals surface area contributed by atoms with Crippen molar-refractivity contribution in [3.8, 4) is 44.8 Å². The van der Waals surface area contributed by atoms with Crippen LogP contribution >= 0.6 is 0 Å². The van der Waals surface area contributed by atoms with E-state index in [1.54, 1.807) is 0 Å². The molecule has 10 aromatic rings. The van der Waals surface area contributed by atoms with Crippen LogP contribution in [0.15, 0.2) is 84.9 Å². The minimum absolute atomic E-state index is 1.23. The summed E-state index contributed by atoms with van der Waals surface area (Å²) in [5.41, 5.74) is 40.4. The van der Waals surface area contributed by atoms with Crippen LogP contribution in [0.25, 0.3) is 88.4 Å². The second-order valence-corrected chi connectivity index (χ2v) is 20.6. The van der Waals surface area contributed by atoms with Gasteiger partial charge in [-0.25, -0.2) is 0 Å². The molecular formula is C48H50B18N2. The van der Waals surface area contributed by atoms with Crippen molar-refractivity contribution in [1.29, 1.82) is 0 Å². The monoisotopic (exact) mass is 853 g/mol. The van der Waals surface area contributed by atoms with Crippen LogP contribution in [0.3, 0.4) is 0 Å². The van der Waals surface area contributed by atoms with E-state index in [9.17, 15) is 0 Å². The predicted octanol–water partition coefficient (Wildman–Crippen LogP) is -18.5. The summed E-state index contributed by atoms with van der Waals surface area (Å²) < 4.78 is 5.11. The smallest absolute Gasteiger partial charge is 0.142 e. The van der Waals surface area contributed by atoms with Crippen molar-refractivity contribution in [3.05, 3.63) is 84.9 Å². The third-order valence-corrected chi connectivity index (χ3v) is 17.8. The van der Waals surface area contributed by atoms with Crippen molar-refractivity contribution >= 4 is 283 Å². The molecule has 2 nitrogen and oxygen atoms in total. The highest BCUT2D eigenvalue weighted by molar-refractivity contribution is 6.72. The van der Waals surface area contributed by atoms with Crippen molar-refractivity contribution < 1.29 is 0 Å². The van der Waals surface area contributed by atoms with Gasteiger partial charge in [-0.05, 0) is 69.8 Å². The Kier molecular flexibility index (Phi) is 11.3. The lowest BCUT2D eigenvalue weighted by atomic mass is 9.56. The summed E-state index contributed by atoms with van der Waals surface area (Å²) >= 11 is 0. The van der Waals surface area contributed by atoms with Gasteiger partial charge in [-0.3, -0.25) is 0 Å². The molecule has 20 heteroatoms. The molecule has 0 spiro atoms. The van der Waals surface area contributed by atoms with Crippen molar-refractivity contribution in [2.45, 2.75) is 0 Å². The Labute approximate surface area is 419 Å². The summed E-state index contributed by atoms with van der Waals surface area (Å²) in [6, 6.07) is 32.4. The molecule has 0 saturated heterocycles. The van der Waals surface area contributed by atoms with Gasteiger partial charge in [0.2, 0.25) is 0 Å². The third-order valence-electron chi connectivity index (χ3n) is 17.8. The fourth-order valence-corrected chi connectivity index (χ4v) is 12.6. The highest BCUT2D eigenvalue weighted by Crippen LogP contribution is 2.38. The quantitative estimate of drug-likeness (QED) is 0.153. The van der Waals surface area contributed by atoms with Gasteiger partial charge in [-0.2, -0.15) is 0 Å². The average molecular weight is 850 g/mol. The number of nitrogens with zero attached hydrogens (tertiary/aromatic N) is 2. The van der Waals surface area contributed by atoms with E-state index in [1.807, 2.05) is 0 Å². The third kappa shape index (κ3) is 6.44. The van der Waals surface area contributed by atoms with E-state index in [0.717, 1.165) is 0 Å². The van der Waals surface area contributed by atoms with Gasteiger partial charge in [-0.1, -0.05) is 114 Å². The molecule has 0 radical (unpaired) electrons. The van der Waals surface area contributed by atoms with Crippen LogP contribution in [0, 0.1) is 0 Å². The van der Waals surface area contributed by atoms with Gasteiger partial charge < -0.3 is 9.13 Å². The maximum absolute atomic E-state index is 2.56. The van der Waals surface area contributed by atoms with E-state index in [1.165, 1.54) is 187 Å². The van der Waals surface area contributed by atoms with Crippen LogP contribution in [-0.4, -0.2) is 150 Å². The Hall–Kier alpha value is -5.47. The first-order valence-electron chi connectivity index (χ1n) is 24.7. The van der Waals surface area contributed by atoms with Gasteiger partial charge in [-0.15, -0.1) is 32.8 Å². The molecule has 0 bridgehead atoms. The molecule has 0 aliphatic carbocycles. The van der Waals surface area contributed by atoms with Gasteiger partial charge in [0.05, 0.1) is 22.1 Å². The zero-order valence-electron chi connectivity index (χ0n) is 44.0. The highest BCUT2D eigenvalue weighted by atomic mass is 15.0. The number of hydrogen-bond donors (Lipinski definition) is 0. The van der Waals surface area contributed by atoms with Crippen LogP contribution in [0.4, 0.5) is 0 Å². The zero-order valence-corrected chi connectivity index (χ0v) is 44.0. The Bertz CT molecular complexity index is 3820. The van der Waals surface area contributed by atoms with E-state index in [-0.39, 0.29) is 0 Å². The molecule has 0 saturated carbocycles. The molecule has 68 heavy (non-hydrogen) atoms. The number of benzene rings is 8. The Morgan fingerprint density at radius 1 is 0.221 bits per heavy atom. The molecule has 0 fully saturated rings. The summed E-state index contributed by atoms with van der Waals surface area (Å²) in [5, 5.41) is 5.10. The number of fused-ring (bicyclic) bond motifs is 6. The molecule has 306 valence electrons. The fourth-order valence-electron chi connectivity index (χ4n) is 12.6. The van der Waals surface area contributed by atoms with Crippen molar-refractivity contribution in [1.82, 2.24) is 9.13 Å². The number of aromatic nitrogens is 2. The van der Waals surface area contributed by atoms with Gasteiger partial charge in [0, 0.05) is 32.9 Å². The normalized spacial score (nSPS) is 11.7. The maximum atomic E-state index is 2.56. The lowest BCUT2D eigenvalue weighted by molar-refractivity contribution is 1.21. The summed E-state index contributed by atoms with van der Waals surface area (Å²) in [7, 11) is 41.7. The zero-order chi connectivity index (χ0) is 48.7. The first kappa shape index (κ1) is 46.3. The van der Waals surface area contributed by atoms with Gasteiger partial charge in [0.15, 0.2) is 0 Å². The Balaban J connectivity index is 1.17. The molecular weight excluding hydrogens is 799 g/mol. The van der Waals surface area contributed by atoms with E-state index < -0.39 is 0 Å². The molecule has 2 heterocycles. The number of hydrogen-bond acceptors (Lipinski definition) is 0. The Morgan fingerprint density at radius 2 is 0.471 bits per heavy atom. The van der Waals surface area contributed by atoms with E-state index >= 15 is 0 Å². The standard InChI is InChI=1S/C48H50B18N2/c49-29-25(30(50)38(58)42(62)37(29)57)26-34(54)44(64)48(45(65)35(26)55)68-22-8-4-2-6-18(22)20-14-16(10-12-24(20)68)15-9-11-23-19(13-15)17-5-1-3-7-21(17)67(23)47-36(56)28(33(53)41(61)46(47)66)27-31(51)39(59)43(63)40(60)32(27)52/h1-14H,49-66H2. The molecule has 0 atom stereocenters. The van der Waals surface area contributed by atoms with E-state index in [4.69, 9.17) is 0 Å². The summed E-state index contributed by atoms with van der Waals surface area (Å²) in [4.78, 5) is 0. The SMILES string of the molecule is Bc1c(B)c(B)c(-c2c(B)c(B)c(-n3c4ccccc4c4cc(-c5ccc6c(c5)c5ccccc5n6-c5c(B)c(B)c(B)c(-c6c(B)c(B)c(B)c(B)c6B)c5B)ccc43)c(B)c2B)c(B)c1B. The van der Waals surface area contributed by atoms with Crippen LogP contribution in [0.5, 0.6) is 0 Å². The molecule has 2 aromatic heterocycles. The lowest BCUT2D eigenvalue weighted by Gasteiger charge is -2.28. The highest BCUT2D eigenvalue weighted by Gasteiger charge is 2.26. The molecule has 0 aliphatic heterocycles. The minimum Gasteiger partial charge on any atom is -0.310 e. The van der Waals surface area contributed by atoms with Gasteiger partial charge in [0.25, 0.3) is 0 Å². The predicted molar refractivity (Wildman–Crippen MR) is 359 cm³/mol. The summed E-state index contributed by atoms with van der Waals surface area (Å²) in [6.45, 7) is 0. The summed E-state index contributed by atoms with van der Waals surface area (Å²) in [6.07, 6.45) is 0. The first-order chi connectivity index (χ1) is 32.3. The molecule has 8 aromatic carbocycles. The van der Waals surface area contributed by atoms with Gasteiger partial charge in [0.1, 0.15) is 141 Å². The van der Waals surface area contributed by atoms with Crippen LogP contribution < -0.4 is 98.3 Å². The largest absolute Gasteiger partial charge is 0.310 e. The molecule has 0 N–H and O–H groups in total. The Morgan fingerprint density at radius 3 is 0.838 bits per heavy atom. The summed E-state index contributed by atoms with van der Waals surface area (Å²) in [5.74, 6) is 0. The second kappa shape index (κ2) is 16.6. The lowest BCUT2D eigenvalue weighted by Crippen LogP contribution is -2.57. The molecule has 0 aliphatic rings. The fraction of sp³-hybridized carbons (Fsp3) is 0. The molecule has 0 unspecified atom stereocenters. The van der Waals surface area contributed by atoms with Gasteiger partial charge >= 0.3 is 0 Å². The topological polar surface area (TPSA) is 9.86 Å². The average Bonchev–Trinajstić information content (AvgIpc) is 3.84. The van der Waals surface area contributed by atoms with E-state index in [0.29, 0.717) is 0 Å². The van der Waals surface area contributed by atoms with Crippen molar-refractivity contribution in [3.63, 3.8) is 0 Å². The molecule has 10 rings (SSSR count). The second-order valence-electron chi connectivity index (χ2n) is 20.6. The molecule has 0 amide bonds. The van der Waals surface area contributed by atoms with Crippen LogP contribution in [-0.2, 0) is 0 Å². The van der Waals surface area contributed by atoms with Crippen LogP contribution in [0.1, 0.15) is 0 Å². The number of rotatable bonds is 5. The van der Waals surface area contributed by atoms with Crippen LogP contribution in [0.2, 0.25) is 0 Å². The van der Waals surface area contributed by atoms with Crippen molar-refractivity contribution in [2.75, 3.05) is 0 Å².